The maximum atomic E-state index is 13.1. The second-order valence-corrected chi connectivity index (χ2v) is 8.37. The number of hydrogen-bond acceptors (Lipinski definition) is 7. The SMILES string of the molecule is O=CC(c1ccc(F)cc1)S(=O)(=O)NC(=O)c1ccc(COC(=O)c2ccccc2)nc1. The molecule has 1 aromatic heterocycles. The number of nitrogens with one attached hydrogen (secondary N) is 1. The molecule has 3 rings (SSSR count). The normalized spacial score (nSPS) is 11.9. The Labute approximate surface area is 183 Å². The van der Waals surface area contributed by atoms with Gasteiger partial charge >= 0.3 is 5.97 Å². The van der Waals surface area contributed by atoms with Gasteiger partial charge in [0.1, 0.15) is 18.7 Å². The summed E-state index contributed by atoms with van der Waals surface area (Å²) in [5.41, 5.74) is 0.635. The molecule has 32 heavy (non-hydrogen) atoms. The summed E-state index contributed by atoms with van der Waals surface area (Å²) in [5, 5.41) is -1.70. The molecule has 0 fully saturated rings. The van der Waals surface area contributed by atoms with Gasteiger partial charge in [0.2, 0.25) is 10.0 Å². The highest BCUT2D eigenvalue weighted by Crippen LogP contribution is 2.20. The van der Waals surface area contributed by atoms with Gasteiger partial charge in [-0.3, -0.25) is 9.78 Å². The average Bonchev–Trinajstić information content (AvgIpc) is 2.79. The summed E-state index contributed by atoms with van der Waals surface area (Å²) >= 11 is 0. The van der Waals surface area contributed by atoms with Crippen LogP contribution in [0.4, 0.5) is 4.39 Å². The number of benzene rings is 2. The van der Waals surface area contributed by atoms with Crippen LogP contribution in [0.2, 0.25) is 0 Å². The molecule has 0 bridgehead atoms. The molecule has 1 atom stereocenters. The summed E-state index contributed by atoms with van der Waals surface area (Å²) in [6.45, 7) is -0.147. The highest BCUT2D eigenvalue weighted by atomic mass is 32.2. The molecular weight excluding hydrogens is 439 g/mol. The third-order valence-corrected chi connectivity index (χ3v) is 5.86. The van der Waals surface area contributed by atoms with E-state index in [2.05, 4.69) is 4.98 Å². The van der Waals surface area contributed by atoms with Crippen LogP contribution in [0, 0.1) is 5.82 Å². The predicted octanol–water partition coefficient (Wildman–Crippen LogP) is 2.58. The molecule has 10 heteroatoms. The molecule has 1 N–H and O–H groups in total. The van der Waals surface area contributed by atoms with Crippen LogP contribution in [-0.2, 0) is 26.2 Å². The molecule has 0 radical (unpaired) electrons. The van der Waals surface area contributed by atoms with E-state index in [4.69, 9.17) is 4.74 Å². The Morgan fingerprint density at radius 2 is 1.69 bits per heavy atom. The first-order valence-corrected chi connectivity index (χ1v) is 10.8. The highest BCUT2D eigenvalue weighted by molar-refractivity contribution is 7.91. The summed E-state index contributed by atoms with van der Waals surface area (Å²) in [4.78, 5) is 39.6. The van der Waals surface area contributed by atoms with Crippen molar-refractivity contribution in [2.45, 2.75) is 11.9 Å². The van der Waals surface area contributed by atoms with Crippen LogP contribution in [0.3, 0.4) is 0 Å². The zero-order valence-electron chi connectivity index (χ0n) is 16.5. The number of carbonyl (C=O) groups is 3. The van der Waals surface area contributed by atoms with Gasteiger partial charge < -0.3 is 9.53 Å². The largest absolute Gasteiger partial charge is 0.456 e. The summed E-state index contributed by atoms with van der Waals surface area (Å²) in [6.07, 6.45) is 1.26. The molecule has 0 spiro atoms. The number of ether oxygens (including phenoxy) is 1. The maximum Gasteiger partial charge on any atom is 0.338 e. The van der Waals surface area contributed by atoms with Gasteiger partial charge in [-0.1, -0.05) is 30.3 Å². The highest BCUT2D eigenvalue weighted by Gasteiger charge is 2.29. The van der Waals surface area contributed by atoms with Crippen molar-refractivity contribution in [2.24, 2.45) is 0 Å². The fraction of sp³-hybridized carbons (Fsp3) is 0.0909. The Morgan fingerprint density at radius 3 is 2.28 bits per heavy atom. The lowest BCUT2D eigenvalue weighted by molar-refractivity contribution is -0.107. The molecule has 0 saturated heterocycles. The lowest BCUT2D eigenvalue weighted by atomic mass is 10.2. The number of aldehydes is 1. The predicted molar refractivity (Wildman–Crippen MR) is 111 cm³/mol. The van der Waals surface area contributed by atoms with E-state index in [1.165, 1.54) is 12.1 Å². The van der Waals surface area contributed by atoms with Gasteiger partial charge in [0.25, 0.3) is 5.91 Å². The fourth-order valence-corrected chi connectivity index (χ4v) is 3.84. The number of sulfonamides is 1. The zero-order chi connectivity index (χ0) is 23.1. The van der Waals surface area contributed by atoms with E-state index in [1.807, 2.05) is 4.72 Å². The quantitative estimate of drug-likeness (QED) is 0.409. The maximum absolute atomic E-state index is 13.1. The second-order valence-electron chi connectivity index (χ2n) is 6.56. The van der Waals surface area contributed by atoms with Crippen molar-refractivity contribution in [3.05, 3.63) is 101 Å². The van der Waals surface area contributed by atoms with E-state index < -0.39 is 33.0 Å². The first-order valence-electron chi connectivity index (χ1n) is 9.24. The van der Waals surface area contributed by atoms with Crippen molar-refractivity contribution in [2.75, 3.05) is 0 Å². The number of aromatic nitrogens is 1. The number of rotatable bonds is 8. The lowest BCUT2D eigenvalue weighted by Gasteiger charge is -2.13. The van der Waals surface area contributed by atoms with Crippen molar-refractivity contribution in [1.82, 2.24) is 9.71 Å². The van der Waals surface area contributed by atoms with Crippen molar-refractivity contribution in [3.63, 3.8) is 0 Å². The summed E-state index contributed by atoms with van der Waals surface area (Å²) < 4.78 is 45.0. The molecule has 1 amide bonds. The molecule has 0 saturated carbocycles. The molecule has 3 aromatic rings. The summed E-state index contributed by atoms with van der Waals surface area (Å²) in [5.74, 6) is -2.14. The van der Waals surface area contributed by atoms with Gasteiger partial charge in [0.15, 0.2) is 5.25 Å². The van der Waals surface area contributed by atoms with Crippen LogP contribution >= 0.6 is 0 Å². The average molecular weight is 456 g/mol. The van der Waals surface area contributed by atoms with E-state index in [0.29, 0.717) is 11.3 Å². The van der Waals surface area contributed by atoms with Crippen LogP contribution in [0.15, 0.2) is 72.9 Å². The van der Waals surface area contributed by atoms with E-state index >= 15 is 0 Å². The van der Waals surface area contributed by atoms with Gasteiger partial charge in [-0.2, -0.15) is 0 Å². The fourth-order valence-electron chi connectivity index (χ4n) is 2.68. The number of pyridine rings is 1. The van der Waals surface area contributed by atoms with Crippen LogP contribution < -0.4 is 4.72 Å². The van der Waals surface area contributed by atoms with E-state index in [0.717, 1.165) is 30.5 Å². The minimum Gasteiger partial charge on any atom is -0.456 e. The third kappa shape index (κ3) is 5.61. The molecule has 2 aromatic carbocycles. The molecule has 1 unspecified atom stereocenters. The number of carbonyl (C=O) groups excluding carboxylic acids is 3. The van der Waals surface area contributed by atoms with Gasteiger partial charge in [-0.25, -0.2) is 22.3 Å². The van der Waals surface area contributed by atoms with Crippen LogP contribution in [-0.4, -0.2) is 31.6 Å². The Bertz CT molecular complexity index is 1210. The van der Waals surface area contributed by atoms with Gasteiger partial charge in [-0.05, 0) is 42.0 Å². The minimum atomic E-state index is -4.44. The number of nitrogens with zero attached hydrogens (tertiary/aromatic N) is 1. The molecule has 0 aliphatic carbocycles. The van der Waals surface area contributed by atoms with Crippen molar-refractivity contribution < 1.29 is 31.9 Å². The lowest BCUT2D eigenvalue weighted by Crippen LogP contribution is -2.35. The molecule has 0 aliphatic heterocycles. The second kappa shape index (κ2) is 9.92. The first-order chi connectivity index (χ1) is 15.3. The Kier molecular flexibility index (Phi) is 7.06. The minimum absolute atomic E-state index is 0.00963. The Balaban J connectivity index is 1.64. The number of esters is 1. The number of hydrogen-bond donors (Lipinski definition) is 1. The van der Waals surface area contributed by atoms with Crippen LogP contribution in [0.1, 0.15) is 37.2 Å². The standard InChI is InChI=1S/C22H17FN2O6S/c23-18-9-6-15(7-10-18)20(13-26)32(29,30)25-21(27)17-8-11-19(24-12-17)14-31-22(28)16-4-2-1-3-5-16/h1-13,20H,14H2,(H,25,27). The van der Waals surface area contributed by atoms with Gasteiger partial charge in [-0.15, -0.1) is 0 Å². The molecule has 8 nitrogen and oxygen atoms in total. The van der Waals surface area contributed by atoms with Crippen LogP contribution in [0.5, 0.6) is 0 Å². The van der Waals surface area contributed by atoms with Crippen molar-refractivity contribution in [1.29, 1.82) is 0 Å². The van der Waals surface area contributed by atoms with E-state index in [-0.39, 0.29) is 24.0 Å². The Morgan fingerprint density at radius 1 is 1.00 bits per heavy atom. The zero-order valence-corrected chi connectivity index (χ0v) is 17.3. The molecule has 164 valence electrons. The smallest absolute Gasteiger partial charge is 0.338 e. The monoisotopic (exact) mass is 456 g/mol. The molecule has 1 heterocycles. The molecule has 0 aliphatic rings. The summed E-state index contributed by atoms with van der Waals surface area (Å²) in [7, 11) is -4.44. The van der Waals surface area contributed by atoms with Gasteiger partial charge in [0, 0.05) is 6.20 Å². The van der Waals surface area contributed by atoms with E-state index in [1.54, 1.807) is 30.3 Å². The third-order valence-electron chi connectivity index (χ3n) is 4.34. The topological polar surface area (TPSA) is 120 Å². The van der Waals surface area contributed by atoms with E-state index in [9.17, 15) is 27.2 Å². The number of halogens is 1. The summed E-state index contributed by atoms with van der Waals surface area (Å²) in [6, 6.07) is 15.4. The Hall–Kier alpha value is -3.92. The molecular formula is C22H17FN2O6S. The van der Waals surface area contributed by atoms with Crippen LogP contribution in [0.25, 0.3) is 0 Å². The number of amides is 1. The van der Waals surface area contributed by atoms with Crippen molar-refractivity contribution in [3.8, 4) is 0 Å². The first kappa shape index (κ1) is 22.8. The van der Waals surface area contributed by atoms with Gasteiger partial charge in [0.05, 0.1) is 16.8 Å². The van der Waals surface area contributed by atoms with Crippen molar-refractivity contribution >= 4 is 28.2 Å².